The van der Waals surface area contributed by atoms with Gasteiger partial charge in [-0.25, -0.2) is 0 Å². The number of amides is 2. The van der Waals surface area contributed by atoms with Crippen LogP contribution in [0.25, 0.3) is 0 Å². The summed E-state index contributed by atoms with van der Waals surface area (Å²) in [7, 11) is 0. The summed E-state index contributed by atoms with van der Waals surface area (Å²) < 4.78 is 1.02. The van der Waals surface area contributed by atoms with Gasteiger partial charge in [0.15, 0.2) is 0 Å². The minimum absolute atomic E-state index is 0.0458. The van der Waals surface area contributed by atoms with Crippen molar-refractivity contribution in [2.24, 2.45) is 11.8 Å². The molecule has 0 saturated heterocycles. The molecule has 124 valence electrons. The van der Waals surface area contributed by atoms with Gasteiger partial charge in [-0.05, 0) is 49.9 Å². The van der Waals surface area contributed by atoms with E-state index >= 15 is 0 Å². The van der Waals surface area contributed by atoms with Gasteiger partial charge in [0.2, 0.25) is 11.8 Å². The molecule has 5 heteroatoms. The topological polar surface area (TPSA) is 58.2 Å². The first kappa shape index (κ1) is 16.5. The van der Waals surface area contributed by atoms with Crippen LogP contribution in [-0.2, 0) is 9.59 Å². The van der Waals surface area contributed by atoms with E-state index in [1.807, 2.05) is 25.1 Å². The van der Waals surface area contributed by atoms with Crippen LogP contribution >= 0.6 is 15.9 Å². The zero-order valence-corrected chi connectivity index (χ0v) is 15.0. The summed E-state index contributed by atoms with van der Waals surface area (Å²) in [6.45, 7) is 1.98. The molecule has 2 aliphatic carbocycles. The van der Waals surface area contributed by atoms with Gasteiger partial charge in [-0.1, -0.05) is 35.2 Å². The smallest absolute Gasteiger partial charge is 0.228 e. The lowest BCUT2D eigenvalue weighted by Crippen LogP contribution is -2.37. The summed E-state index contributed by atoms with van der Waals surface area (Å²) in [5.41, 5.74) is 1.86. The van der Waals surface area contributed by atoms with Crippen molar-refractivity contribution in [2.45, 2.75) is 51.5 Å². The number of nitrogens with one attached hydrogen (secondary N) is 2. The van der Waals surface area contributed by atoms with E-state index in [9.17, 15) is 9.59 Å². The molecule has 0 bridgehead atoms. The summed E-state index contributed by atoms with van der Waals surface area (Å²) in [4.78, 5) is 24.5. The number of carbonyl (C=O) groups is 2. The fourth-order valence-electron chi connectivity index (χ4n) is 3.29. The Bertz CT molecular complexity index is 611. The monoisotopic (exact) mass is 378 g/mol. The Kier molecular flexibility index (Phi) is 5.05. The van der Waals surface area contributed by atoms with Gasteiger partial charge in [-0.2, -0.15) is 0 Å². The Labute approximate surface area is 145 Å². The van der Waals surface area contributed by atoms with Crippen LogP contribution in [0.1, 0.15) is 44.1 Å². The number of hydrogen-bond donors (Lipinski definition) is 2. The number of carbonyl (C=O) groups excluding carboxylic acids is 2. The third-order valence-corrected chi connectivity index (χ3v) is 5.73. The zero-order valence-electron chi connectivity index (χ0n) is 13.4. The second kappa shape index (κ2) is 7.04. The maximum atomic E-state index is 12.3. The van der Waals surface area contributed by atoms with Gasteiger partial charge in [0, 0.05) is 16.2 Å². The van der Waals surface area contributed by atoms with Crippen molar-refractivity contribution in [3.8, 4) is 0 Å². The average Bonchev–Trinajstić information content (AvgIpc) is 3.33. The van der Waals surface area contributed by atoms with Crippen LogP contribution in [0.2, 0.25) is 0 Å². The van der Waals surface area contributed by atoms with Crippen molar-refractivity contribution in [1.82, 2.24) is 5.32 Å². The van der Waals surface area contributed by atoms with Crippen molar-refractivity contribution in [3.63, 3.8) is 0 Å². The van der Waals surface area contributed by atoms with Crippen LogP contribution < -0.4 is 10.6 Å². The van der Waals surface area contributed by atoms with Gasteiger partial charge < -0.3 is 10.6 Å². The van der Waals surface area contributed by atoms with E-state index in [-0.39, 0.29) is 23.7 Å². The van der Waals surface area contributed by atoms with Crippen LogP contribution in [-0.4, -0.2) is 17.9 Å². The summed E-state index contributed by atoms with van der Waals surface area (Å²) in [5.74, 6) is -0.310. The summed E-state index contributed by atoms with van der Waals surface area (Å²) >= 11 is 3.45. The van der Waals surface area contributed by atoms with E-state index in [4.69, 9.17) is 0 Å². The van der Waals surface area contributed by atoms with E-state index in [0.717, 1.165) is 28.6 Å². The lowest BCUT2D eigenvalue weighted by atomic mass is 9.95. The van der Waals surface area contributed by atoms with Crippen LogP contribution in [0, 0.1) is 18.8 Å². The highest BCUT2D eigenvalue weighted by Crippen LogP contribution is 2.40. The fraction of sp³-hybridized carbons (Fsp3) is 0.556. The molecule has 2 N–H and O–H groups in total. The Balaban J connectivity index is 1.49. The standard InChI is InChI=1S/C18H23BrN2O2/c1-11-9-13(7-8-16(11)19)21-18(23)15-10-14(15)17(22)20-12-5-3-2-4-6-12/h7-9,12,14-15H,2-6,10H2,1H3,(H,20,22)(H,21,23). The van der Waals surface area contributed by atoms with Gasteiger partial charge in [-0.3, -0.25) is 9.59 Å². The van der Waals surface area contributed by atoms with Gasteiger partial charge >= 0.3 is 0 Å². The molecule has 2 aliphatic rings. The van der Waals surface area contributed by atoms with Crippen molar-refractivity contribution < 1.29 is 9.59 Å². The minimum Gasteiger partial charge on any atom is -0.353 e. The first-order valence-corrected chi connectivity index (χ1v) is 9.21. The molecule has 0 radical (unpaired) electrons. The highest BCUT2D eigenvalue weighted by molar-refractivity contribution is 9.10. The Morgan fingerprint density at radius 2 is 1.78 bits per heavy atom. The molecule has 2 fully saturated rings. The first-order valence-electron chi connectivity index (χ1n) is 8.42. The maximum Gasteiger partial charge on any atom is 0.228 e. The second-order valence-electron chi connectivity index (χ2n) is 6.75. The van der Waals surface area contributed by atoms with Gasteiger partial charge in [0.25, 0.3) is 0 Å². The Morgan fingerprint density at radius 3 is 2.48 bits per heavy atom. The van der Waals surface area contributed by atoms with Crippen molar-refractivity contribution in [1.29, 1.82) is 0 Å². The SMILES string of the molecule is Cc1cc(NC(=O)C2CC2C(=O)NC2CCCCC2)ccc1Br. The van der Waals surface area contributed by atoms with Crippen LogP contribution in [0.3, 0.4) is 0 Å². The molecule has 0 aromatic heterocycles. The second-order valence-corrected chi connectivity index (χ2v) is 7.60. The molecule has 3 rings (SSSR count). The van der Waals surface area contributed by atoms with Crippen LogP contribution in [0.5, 0.6) is 0 Å². The number of benzene rings is 1. The lowest BCUT2D eigenvalue weighted by molar-refractivity contribution is -0.126. The molecule has 2 unspecified atom stereocenters. The van der Waals surface area contributed by atoms with E-state index in [0.29, 0.717) is 12.5 Å². The molecule has 2 saturated carbocycles. The van der Waals surface area contributed by atoms with Crippen molar-refractivity contribution >= 4 is 33.4 Å². The fourth-order valence-corrected chi connectivity index (χ4v) is 3.53. The minimum atomic E-state index is -0.178. The highest BCUT2D eigenvalue weighted by atomic mass is 79.9. The highest BCUT2D eigenvalue weighted by Gasteiger charge is 2.48. The van der Waals surface area contributed by atoms with Gasteiger partial charge in [0.1, 0.15) is 0 Å². The Hall–Kier alpha value is -1.36. The molecule has 4 nitrogen and oxygen atoms in total. The first-order chi connectivity index (χ1) is 11.0. The number of halogens is 1. The van der Waals surface area contributed by atoms with E-state index in [1.165, 1.54) is 19.3 Å². The molecular formula is C18H23BrN2O2. The average molecular weight is 379 g/mol. The van der Waals surface area contributed by atoms with E-state index in [2.05, 4.69) is 26.6 Å². The summed E-state index contributed by atoms with van der Waals surface area (Å²) in [6, 6.07) is 6.04. The van der Waals surface area contributed by atoms with Crippen molar-refractivity contribution in [3.05, 3.63) is 28.2 Å². The largest absolute Gasteiger partial charge is 0.353 e. The van der Waals surface area contributed by atoms with E-state index < -0.39 is 0 Å². The van der Waals surface area contributed by atoms with Crippen LogP contribution in [0.4, 0.5) is 5.69 Å². The maximum absolute atomic E-state index is 12.3. The predicted octanol–water partition coefficient (Wildman–Crippen LogP) is 3.78. The predicted molar refractivity (Wildman–Crippen MR) is 94.1 cm³/mol. The number of aryl methyl sites for hydroxylation is 1. The normalized spacial score (nSPS) is 24.1. The Morgan fingerprint density at radius 1 is 1.09 bits per heavy atom. The molecule has 2 amide bonds. The number of anilines is 1. The molecule has 1 aromatic carbocycles. The van der Waals surface area contributed by atoms with E-state index in [1.54, 1.807) is 0 Å². The molecule has 0 aliphatic heterocycles. The summed E-state index contributed by atoms with van der Waals surface area (Å²) in [5, 5.41) is 6.04. The summed E-state index contributed by atoms with van der Waals surface area (Å²) in [6.07, 6.45) is 6.49. The number of hydrogen-bond acceptors (Lipinski definition) is 2. The molecule has 1 aromatic rings. The molecule has 2 atom stereocenters. The third kappa shape index (κ3) is 4.14. The zero-order chi connectivity index (χ0) is 16.4. The van der Waals surface area contributed by atoms with Gasteiger partial charge in [-0.15, -0.1) is 0 Å². The van der Waals surface area contributed by atoms with Crippen molar-refractivity contribution in [2.75, 3.05) is 5.32 Å². The number of rotatable bonds is 4. The lowest BCUT2D eigenvalue weighted by Gasteiger charge is -2.22. The quantitative estimate of drug-likeness (QED) is 0.837. The van der Waals surface area contributed by atoms with Crippen LogP contribution in [0.15, 0.2) is 22.7 Å². The molecule has 0 spiro atoms. The molecular weight excluding hydrogens is 356 g/mol. The van der Waals surface area contributed by atoms with Gasteiger partial charge in [0.05, 0.1) is 11.8 Å². The third-order valence-electron chi connectivity index (χ3n) is 4.84. The molecule has 23 heavy (non-hydrogen) atoms. The molecule has 0 heterocycles.